The third kappa shape index (κ3) is 1.83. The Hall–Kier alpha value is -2.08. The summed E-state index contributed by atoms with van der Waals surface area (Å²) in [5.41, 5.74) is 7.45. The molecule has 17 heavy (non-hydrogen) atoms. The van der Waals surface area contributed by atoms with Crippen LogP contribution in [0.2, 0.25) is 5.02 Å². The minimum atomic E-state index is 0.423. The van der Waals surface area contributed by atoms with Crippen LogP contribution in [0, 0.1) is 0 Å². The van der Waals surface area contributed by atoms with Crippen molar-refractivity contribution in [3.8, 4) is 0 Å². The normalized spacial score (nSPS) is 11.1. The predicted octanol–water partition coefficient (Wildman–Crippen LogP) is 1.70. The van der Waals surface area contributed by atoms with Gasteiger partial charge in [-0.1, -0.05) is 11.6 Å². The Morgan fingerprint density at radius 1 is 1.41 bits per heavy atom. The molecular weight excluding hydrogens is 242 g/mol. The van der Waals surface area contributed by atoms with E-state index in [4.69, 9.17) is 21.8 Å². The topological polar surface area (TPSA) is 82.8 Å². The molecule has 7 heteroatoms. The Balaban J connectivity index is 2.02. The molecule has 0 bridgehead atoms. The summed E-state index contributed by atoms with van der Waals surface area (Å²) in [5, 5.41) is 4.44. The first-order valence-corrected chi connectivity index (χ1v) is 5.27. The van der Waals surface area contributed by atoms with Crippen LogP contribution in [0.15, 0.2) is 29.2 Å². The lowest BCUT2D eigenvalue weighted by Gasteiger charge is -1.94. The van der Waals surface area contributed by atoms with Gasteiger partial charge in [-0.3, -0.25) is 0 Å². The van der Waals surface area contributed by atoms with Gasteiger partial charge in [-0.25, -0.2) is 14.6 Å². The van der Waals surface area contributed by atoms with E-state index in [1.54, 1.807) is 23.1 Å². The quantitative estimate of drug-likeness (QED) is 0.699. The second-order valence-electron chi connectivity index (χ2n) is 3.54. The van der Waals surface area contributed by atoms with Gasteiger partial charge in [0.15, 0.2) is 5.58 Å². The summed E-state index contributed by atoms with van der Waals surface area (Å²) >= 11 is 5.91. The van der Waals surface area contributed by atoms with E-state index in [2.05, 4.69) is 15.1 Å². The Kier molecular flexibility index (Phi) is 2.22. The average Bonchev–Trinajstić information content (AvgIpc) is 2.89. The lowest BCUT2D eigenvalue weighted by molar-refractivity contribution is 0.491. The third-order valence-corrected chi connectivity index (χ3v) is 2.64. The van der Waals surface area contributed by atoms with Crippen molar-refractivity contribution in [2.24, 2.45) is 0 Å². The van der Waals surface area contributed by atoms with E-state index in [1.165, 1.54) is 6.33 Å². The van der Waals surface area contributed by atoms with E-state index in [0.29, 0.717) is 34.2 Å². The highest BCUT2D eigenvalue weighted by molar-refractivity contribution is 6.33. The fraction of sp³-hybridized carbons (Fsp3) is 0.100. The number of aromatic nitrogens is 4. The molecule has 0 aliphatic heterocycles. The minimum Gasteiger partial charge on any atom is -0.439 e. The number of hydrogen-bond donors (Lipinski definition) is 1. The molecule has 2 aromatic heterocycles. The maximum absolute atomic E-state index is 5.91. The standard InChI is InChI=1S/C10H8ClN5O/c11-6-1-8-9(2-7(6)12)17-10(15-8)3-16-5-13-4-14-16/h1-2,4-5H,3,12H2. The number of rotatable bonds is 2. The van der Waals surface area contributed by atoms with E-state index in [-0.39, 0.29) is 0 Å². The zero-order valence-electron chi connectivity index (χ0n) is 8.67. The van der Waals surface area contributed by atoms with Crippen LogP contribution in [0.1, 0.15) is 5.89 Å². The van der Waals surface area contributed by atoms with Crippen molar-refractivity contribution in [1.29, 1.82) is 0 Å². The number of nitrogens with two attached hydrogens (primary N) is 1. The summed E-state index contributed by atoms with van der Waals surface area (Å²) < 4.78 is 7.16. The van der Waals surface area contributed by atoms with Crippen molar-refractivity contribution in [3.63, 3.8) is 0 Å². The summed E-state index contributed by atoms with van der Waals surface area (Å²) in [6.45, 7) is 0.423. The van der Waals surface area contributed by atoms with E-state index in [9.17, 15) is 0 Å². The fourth-order valence-corrected chi connectivity index (χ4v) is 1.69. The van der Waals surface area contributed by atoms with Crippen LogP contribution in [-0.2, 0) is 6.54 Å². The average molecular weight is 250 g/mol. The van der Waals surface area contributed by atoms with Crippen molar-refractivity contribution in [2.45, 2.75) is 6.54 Å². The molecule has 0 saturated carbocycles. The van der Waals surface area contributed by atoms with Gasteiger partial charge in [-0.2, -0.15) is 5.10 Å². The van der Waals surface area contributed by atoms with E-state index >= 15 is 0 Å². The molecule has 0 aliphatic carbocycles. The number of halogens is 1. The van der Waals surface area contributed by atoms with Gasteiger partial charge in [0.25, 0.3) is 0 Å². The summed E-state index contributed by atoms with van der Waals surface area (Å²) in [6.07, 6.45) is 3.05. The van der Waals surface area contributed by atoms with Crippen molar-refractivity contribution < 1.29 is 4.42 Å². The highest BCUT2D eigenvalue weighted by atomic mass is 35.5. The Morgan fingerprint density at radius 3 is 3.06 bits per heavy atom. The van der Waals surface area contributed by atoms with Crippen molar-refractivity contribution in [1.82, 2.24) is 19.7 Å². The Bertz CT molecular complexity index is 622. The summed E-state index contributed by atoms with van der Waals surface area (Å²) in [5.74, 6) is 0.534. The summed E-state index contributed by atoms with van der Waals surface area (Å²) in [4.78, 5) is 8.14. The van der Waals surface area contributed by atoms with Gasteiger partial charge >= 0.3 is 0 Å². The molecule has 0 unspecified atom stereocenters. The monoisotopic (exact) mass is 249 g/mol. The van der Waals surface area contributed by atoms with Crippen LogP contribution in [-0.4, -0.2) is 19.7 Å². The van der Waals surface area contributed by atoms with Gasteiger partial charge in [-0.05, 0) is 6.07 Å². The number of benzene rings is 1. The van der Waals surface area contributed by atoms with Crippen molar-refractivity contribution in [3.05, 3.63) is 35.7 Å². The van der Waals surface area contributed by atoms with E-state index in [1.807, 2.05) is 0 Å². The fourth-order valence-electron chi connectivity index (χ4n) is 1.53. The molecule has 0 atom stereocenters. The molecular formula is C10H8ClN5O. The number of oxazole rings is 1. The molecule has 0 spiro atoms. The molecule has 0 fully saturated rings. The molecule has 2 N–H and O–H groups in total. The van der Waals surface area contributed by atoms with Crippen LogP contribution in [0.25, 0.3) is 11.1 Å². The van der Waals surface area contributed by atoms with Crippen LogP contribution < -0.4 is 5.73 Å². The number of fused-ring (bicyclic) bond motifs is 1. The zero-order valence-corrected chi connectivity index (χ0v) is 9.42. The number of nitrogen functional groups attached to an aromatic ring is 1. The molecule has 2 heterocycles. The second-order valence-corrected chi connectivity index (χ2v) is 3.95. The first-order chi connectivity index (χ1) is 8.22. The largest absolute Gasteiger partial charge is 0.439 e. The summed E-state index contributed by atoms with van der Waals surface area (Å²) in [7, 11) is 0. The lowest BCUT2D eigenvalue weighted by Crippen LogP contribution is -1.99. The lowest BCUT2D eigenvalue weighted by atomic mass is 10.3. The van der Waals surface area contributed by atoms with Crippen LogP contribution in [0.4, 0.5) is 5.69 Å². The third-order valence-electron chi connectivity index (χ3n) is 2.32. The van der Waals surface area contributed by atoms with Gasteiger partial charge in [0, 0.05) is 6.07 Å². The molecule has 3 aromatic rings. The molecule has 6 nitrogen and oxygen atoms in total. The number of nitrogens with zero attached hydrogens (tertiary/aromatic N) is 4. The maximum Gasteiger partial charge on any atom is 0.217 e. The minimum absolute atomic E-state index is 0.423. The second kappa shape index (κ2) is 3.74. The number of anilines is 1. The number of hydrogen-bond acceptors (Lipinski definition) is 5. The van der Waals surface area contributed by atoms with E-state index < -0.39 is 0 Å². The highest BCUT2D eigenvalue weighted by Gasteiger charge is 2.09. The molecule has 3 rings (SSSR count). The van der Waals surface area contributed by atoms with Crippen LogP contribution in [0.5, 0.6) is 0 Å². The molecule has 1 aromatic carbocycles. The molecule has 86 valence electrons. The predicted molar refractivity (Wildman–Crippen MR) is 62.6 cm³/mol. The Morgan fingerprint density at radius 2 is 2.29 bits per heavy atom. The van der Waals surface area contributed by atoms with Gasteiger partial charge in [-0.15, -0.1) is 0 Å². The Labute approximate surface area is 101 Å². The van der Waals surface area contributed by atoms with Crippen LogP contribution in [0.3, 0.4) is 0 Å². The SMILES string of the molecule is Nc1cc2oc(Cn3cncn3)nc2cc1Cl. The van der Waals surface area contributed by atoms with Gasteiger partial charge in [0.2, 0.25) is 5.89 Å². The van der Waals surface area contributed by atoms with E-state index in [0.717, 1.165) is 0 Å². The molecule has 0 amide bonds. The maximum atomic E-state index is 5.91. The van der Waals surface area contributed by atoms with Crippen molar-refractivity contribution in [2.75, 3.05) is 5.73 Å². The molecule has 0 aliphatic rings. The molecule has 0 radical (unpaired) electrons. The highest BCUT2D eigenvalue weighted by Crippen LogP contribution is 2.26. The first kappa shape index (κ1) is 10.1. The van der Waals surface area contributed by atoms with Gasteiger partial charge in [0.05, 0.1) is 10.7 Å². The van der Waals surface area contributed by atoms with Gasteiger partial charge < -0.3 is 10.2 Å². The smallest absolute Gasteiger partial charge is 0.217 e. The molecule has 0 saturated heterocycles. The zero-order chi connectivity index (χ0) is 11.8. The van der Waals surface area contributed by atoms with Crippen LogP contribution >= 0.6 is 11.6 Å². The first-order valence-electron chi connectivity index (χ1n) is 4.89. The van der Waals surface area contributed by atoms with Gasteiger partial charge in [0.1, 0.15) is 24.7 Å². The summed E-state index contributed by atoms with van der Waals surface area (Å²) in [6, 6.07) is 3.34. The van der Waals surface area contributed by atoms with Crippen molar-refractivity contribution >= 4 is 28.4 Å².